The molecule has 0 bridgehead atoms. The monoisotopic (exact) mass is 209 g/mol. The van der Waals surface area contributed by atoms with Gasteiger partial charge < -0.3 is 16.2 Å². The number of rotatable bonds is 2. The fourth-order valence-electron chi connectivity index (χ4n) is 1.30. The van der Waals surface area contributed by atoms with E-state index in [0.29, 0.717) is 17.4 Å². The van der Waals surface area contributed by atoms with Gasteiger partial charge in [0, 0.05) is 6.07 Å². The molecular weight excluding hydrogens is 198 g/mol. The van der Waals surface area contributed by atoms with Crippen LogP contribution in [0.2, 0.25) is 0 Å². The van der Waals surface area contributed by atoms with Crippen molar-refractivity contribution >= 4 is 32.4 Å². The molecule has 0 amide bonds. The molecule has 1 heterocycles. The number of aromatic nitrogens is 1. The third kappa shape index (κ3) is 1.46. The molecule has 5 heteroatoms. The summed E-state index contributed by atoms with van der Waals surface area (Å²) in [6, 6.07) is 3.67. The molecule has 0 atom stereocenters. The zero-order valence-corrected chi connectivity index (χ0v) is 8.60. The third-order valence-electron chi connectivity index (χ3n) is 1.83. The molecule has 1 aromatic heterocycles. The van der Waals surface area contributed by atoms with E-state index in [4.69, 9.17) is 16.2 Å². The maximum absolute atomic E-state index is 5.81. The van der Waals surface area contributed by atoms with E-state index in [2.05, 4.69) is 4.98 Å². The summed E-state index contributed by atoms with van der Waals surface area (Å²) >= 11 is 1.41. The number of benzene rings is 1. The molecule has 4 N–H and O–H groups in total. The van der Waals surface area contributed by atoms with Gasteiger partial charge in [-0.1, -0.05) is 11.3 Å². The summed E-state index contributed by atoms with van der Waals surface area (Å²) in [5.41, 5.74) is 12.8. The number of fused-ring (bicyclic) bond motifs is 1. The van der Waals surface area contributed by atoms with E-state index in [-0.39, 0.29) is 0 Å². The van der Waals surface area contributed by atoms with Gasteiger partial charge in [0.15, 0.2) is 5.13 Å². The Kier molecular flexibility index (Phi) is 2.17. The van der Waals surface area contributed by atoms with Crippen LogP contribution in [0, 0.1) is 0 Å². The number of thiazole rings is 1. The molecule has 74 valence electrons. The van der Waals surface area contributed by atoms with Gasteiger partial charge in [-0.2, -0.15) is 0 Å². The normalized spacial score (nSPS) is 10.6. The first kappa shape index (κ1) is 9.08. The van der Waals surface area contributed by atoms with E-state index >= 15 is 0 Å². The van der Waals surface area contributed by atoms with Crippen LogP contribution in [0.4, 0.5) is 10.8 Å². The first-order chi connectivity index (χ1) is 6.70. The van der Waals surface area contributed by atoms with Crippen LogP contribution in [-0.4, -0.2) is 11.6 Å². The zero-order valence-electron chi connectivity index (χ0n) is 7.78. The Morgan fingerprint density at radius 2 is 2.21 bits per heavy atom. The van der Waals surface area contributed by atoms with Gasteiger partial charge in [0.25, 0.3) is 0 Å². The Morgan fingerprint density at radius 1 is 1.43 bits per heavy atom. The first-order valence-electron chi connectivity index (χ1n) is 4.29. The molecule has 0 unspecified atom stereocenters. The number of nitrogen functional groups attached to an aromatic ring is 2. The third-order valence-corrected chi connectivity index (χ3v) is 2.66. The van der Waals surface area contributed by atoms with Crippen LogP contribution in [0.15, 0.2) is 12.1 Å². The van der Waals surface area contributed by atoms with Gasteiger partial charge in [-0.3, -0.25) is 0 Å². The van der Waals surface area contributed by atoms with Crippen LogP contribution in [0.1, 0.15) is 6.92 Å². The van der Waals surface area contributed by atoms with Crippen LogP contribution in [0.25, 0.3) is 10.2 Å². The highest BCUT2D eigenvalue weighted by Crippen LogP contribution is 2.32. The summed E-state index contributed by atoms with van der Waals surface area (Å²) in [6.07, 6.45) is 0. The maximum Gasteiger partial charge on any atom is 0.181 e. The Morgan fingerprint density at radius 3 is 2.93 bits per heavy atom. The summed E-state index contributed by atoms with van der Waals surface area (Å²) in [7, 11) is 0. The van der Waals surface area contributed by atoms with Crippen LogP contribution in [0.3, 0.4) is 0 Å². The second-order valence-corrected chi connectivity index (χ2v) is 3.91. The number of hydrogen-bond acceptors (Lipinski definition) is 5. The van der Waals surface area contributed by atoms with Crippen molar-refractivity contribution in [2.75, 3.05) is 18.1 Å². The van der Waals surface area contributed by atoms with Crippen LogP contribution in [-0.2, 0) is 0 Å². The van der Waals surface area contributed by atoms with Gasteiger partial charge in [-0.05, 0) is 13.0 Å². The number of anilines is 2. The Hall–Kier alpha value is -1.49. The van der Waals surface area contributed by atoms with Gasteiger partial charge in [-0.25, -0.2) is 4.98 Å². The van der Waals surface area contributed by atoms with Gasteiger partial charge in [0.1, 0.15) is 11.3 Å². The van der Waals surface area contributed by atoms with Crippen molar-refractivity contribution in [2.24, 2.45) is 0 Å². The average molecular weight is 209 g/mol. The number of nitrogens with zero attached hydrogens (tertiary/aromatic N) is 1. The van der Waals surface area contributed by atoms with Gasteiger partial charge >= 0.3 is 0 Å². The van der Waals surface area contributed by atoms with Crippen molar-refractivity contribution in [1.82, 2.24) is 4.98 Å². The smallest absolute Gasteiger partial charge is 0.181 e. The maximum atomic E-state index is 5.81. The zero-order chi connectivity index (χ0) is 10.1. The molecule has 0 spiro atoms. The molecule has 0 aliphatic heterocycles. The number of nitrogens with two attached hydrogens (primary N) is 2. The van der Waals surface area contributed by atoms with Crippen molar-refractivity contribution in [2.45, 2.75) is 6.92 Å². The minimum Gasteiger partial charge on any atom is -0.494 e. The summed E-state index contributed by atoms with van der Waals surface area (Å²) in [5, 5.41) is 0.528. The lowest BCUT2D eigenvalue weighted by Gasteiger charge is -2.03. The Labute approximate surface area is 85.5 Å². The highest BCUT2D eigenvalue weighted by molar-refractivity contribution is 7.22. The molecule has 0 saturated carbocycles. The van der Waals surface area contributed by atoms with Crippen LogP contribution < -0.4 is 16.2 Å². The summed E-state index contributed by atoms with van der Waals surface area (Å²) in [6.45, 7) is 2.56. The second kappa shape index (κ2) is 3.34. The minimum atomic E-state index is 0.528. The van der Waals surface area contributed by atoms with Crippen molar-refractivity contribution in [3.8, 4) is 5.75 Å². The van der Waals surface area contributed by atoms with E-state index in [1.54, 1.807) is 6.07 Å². The molecule has 0 saturated heterocycles. The van der Waals surface area contributed by atoms with Gasteiger partial charge in [0.05, 0.1) is 17.0 Å². The van der Waals surface area contributed by atoms with E-state index in [0.717, 1.165) is 16.0 Å². The molecule has 14 heavy (non-hydrogen) atoms. The minimum absolute atomic E-state index is 0.528. The predicted molar refractivity (Wildman–Crippen MR) is 59.6 cm³/mol. The average Bonchev–Trinajstić information content (AvgIpc) is 2.47. The summed E-state index contributed by atoms with van der Waals surface area (Å²) < 4.78 is 6.33. The lowest BCUT2D eigenvalue weighted by atomic mass is 10.3. The van der Waals surface area contributed by atoms with Gasteiger partial charge in [-0.15, -0.1) is 0 Å². The second-order valence-electron chi connectivity index (χ2n) is 2.84. The quantitative estimate of drug-likeness (QED) is 0.740. The SMILES string of the molecule is CCOc1cc(N)c2nc(N)sc2c1. The van der Waals surface area contributed by atoms with E-state index in [1.807, 2.05) is 13.0 Å². The largest absolute Gasteiger partial charge is 0.494 e. The molecule has 2 rings (SSSR count). The lowest BCUT2D eigenvalue weighted by Crippen LogP contribution is -1.93. The molecule has 1 aromatic carbocycles. The van der Waals surface area contributed by atoms with E-state index in [1.165, 1.54) is 11.3 Å². The van der Waals surface area contributed by atoms with E-state index < -0.39 is 0 Å². The fourth-order valence-corrected chi connectivity index (χ4v) is 2.09. The number of ether oxygens (including phenoxy) is 1. The summed E-state index contributed by atoms with van der Waals surface area (Å²) in [4.78, 5) is 4.13. The van der Waals surface area contributed by atoms with Crippen molar-refractivity contribution in [1.29, 1.82) is 0 Å². The molecule has 4 nitrogen and oxygen atoms in total. The Balaban J connectivity index is 2.59. The van der Waals surface area contributed by atoms with Crippen molar-refractivity contribution in [3.63, 3.8) is 0 Å². The summed E-state index contributed by atoms with van der Waals surface area (Å²) in [5.74, 6) is 0.765. The fraction of sp³-hybridized carbons (Fsp3) is 0.222. The highest BCUT2D eigenvalue weighted by Gasteiger charge is 2.06. The molecule has 0 aliphatic carbocycles. The topological polar surface area (TPSA) is 74.2 Å². The first-order valence-corrected chi connectivity index (χ1v) is 5.10. The van der Waals surface area contributed by atoms with E-state index in [9.17, 15) is 0 Å². The molecule has 0 aliphatic rings. The van der Waals surface area contributed by atoms with Gasteiger partial charge in [0.2, 0.25) is 0 Å². The van der Waals surface area contributed by atoms with Crippen molar-refractivity contribution in [3.05, 3.63) is 12.1 Å². The predicted octanol–water partition coefficient (Wildman–Crippen LogP) is 1.86. The lowest BCUT2D eigenvalue weighted by molar-refractivity contribution is 0.341. The molecule has 2 aromatic rings. The van der Waals surface area contributed by atoms with Crippen molar-refractivity contribution < 1.29 is 4.74 Å². The van der Waals surface area contributed by atoms with Crippen LogP contribution >= 0.6 is 11.3 Å². The molecular formula is C9H11N3OS. The Bertz CT molecular complexity index is 466. The standard InChI is InChI=1S/C9H11N3OS/c1-2-13-5-3-6(10)8-7(4-5)14-9(11)12-8/h3-4H,2,10H2,1H3,(H2,11,12). The molecule has 0 fully saturated rings. The number of hydrogen-bond donors (Lipinski definition) is 2. The van der Waals surface area contributed by atoms with Crippen LogP contribution in [0.5, 0.6) is 5.75 Å². The highest BCUT2D eigenvalue weighted by atomic mass is 32.1. The molecule has 0 radical (unpaired) electrons.